The highest BCUT2D eigenvalue weighted by atomic mass is 32.1. The third kappa shape index (κ3) is 9.06. The quantitative estimate of drug-likeness (QED) is 0.117. The van der Waals surface area contributed by atoms with Gasteiger partial charge in [-0.2, -0.15) is 18.4 Å². The molecule has 3 amide bonds. The van der Waals surface area contributed by atoms with Gasteiger partial charge in [-0.15, -0.1) is 0 Å². The second-order valence-electron chi connectivity index (χ2n) is 16.8. The first kappa shape index (κ1) is 44.7. The topological polar surface area (TPSA) is 139 Å². The van der Waals surface area contributed by atoms with E-state index in [1.54, 1.807) is 0 Å². The fraction of sp³-hybridized carbons (Fsp3) is 0.477. The number of benzene rings is 2. The highest BCUT2D eigenvalue weighted by molar-refractivity contribution is 7.81. The molecule has 4 fully saturated rings. The third-order valence-electron chi connectivity index (χ3n) is 12.3. The molecule has 18 heteroatoms. The molecule has 3 atom stereocenters. The van der Waals surface area contributed by atoms with Crippen LogP contribution in [0.25, 0.3) is 0 Å². The van der Waals surface area contributed by atoms with Gasteiger partial charge < -0.3 is 9.64 Å². The van der Waals surface area contributed by atoms with Crippen LogP contribution in [0.15, 0.2) is 54.7 Å². The van der Waals surface area contributed by atoms with Crippen LogP contribution in [0.1, 0.15) is 80.8 Å². The molecule has 3 saturated heterocycles. The minimum absolute atomic E-state index is 0.00175. The summed E-state index contributed by atoms with van der Waals surface area (Å²) in [6, 6.07) is 13.8. The number of thiocarbonyl (C=S) groups is 1. The predicted molar refractivity (Wildman–Crippen MR) is 221 cm³/mol. The molecule has 328 valence electrons. The molecule has 0 radical (unpaired) electrons. The number of hydrogen-bond donors (Lipinski definition) is 1. The summed E-state index contributed by atoms with van der Waals surface area (Å²) >= 11 is 5.67. The number of ether oxygens (including phenoxy) is 1. The summed E-state index contributed by atoms with van der Waals surface area (Å²) < 4.78 is 78.1. The van der Waals surface area contributed by atoms with Crippen LogP contribution in [0.2, 0.25) is 0 Å². The first-order valence-electron chi connectivity index (χ1n) is 20.5. The van der Waals surface area contributed by atoms with E-state index in [2.05, 4.69) is 20.1 Å². The van der Waals surface area contributed by atoms with Crippen molar-refractivity contribution in [1.29, 1.82) is 5.26 Å². The Morgan fingerprint density at radius 3 is 2.32 bits per heavy atom. The molecule has 1 aromatic heterocycles. The zero-order valence-corrected chi connectivity index (χ0v) is 35.3. The molecular weight excluding hydrogens is 834 g/mol. The number of rotatable bonds is 13. The summed E-state index contributed by atoms with van der Waals surface area (Å²) in [6.45, 7) is 6.73. The van der Waals surface area contributed by atoms with Gasteiger partial charge in [0.05, 0.1) is 29.6 Å². The number of nitriles is 1. The van der Waals surface area contributed by atoms with E-state index in [1.165, 1.54) is 29.2 Å². The van der Waals surface area contributed by atoms with Crippen molar-refractivity contribution < 1.29 is 45.9 Å². The van der Waals surface area contributed by atoms with Crippen LogP contribution in [0.4, 0.5) is 33.3 Å². The smallest absolute Gasteiger partial charge is 0.419 e. The highest BCUT2D eigenvalue weighted by Gasteiger charge is 2.60. The number of ketones is 1. The number of nitrogens with zero attached hydrogens (tertiary/aromatic N) is 6. The Balaban J connectivity index is 0.974. The number of imide groups is 1. The molecular formula is C44H46F5N7O5S. The van der Waals surface area contributed by atoms with Crippen molar-refractivity contribution >= 4 is 52.2 Å². The average molecular weight is 880 g/mol. The van der Waals surface area contributed by atoms with Crippen LogP contribution in [0.5, 0.6) is 5.75 Å². The Morgan fingerprint density at radius 1 is 1.00 bits per heavy atom. The van der Waals surface area contributed by atoms with Gasteiger partial charge in [0, 0.05) is 63.1 Å². The van der Waals surface area contributed by atoms with Gasteiger partial charge in [0.15, 0.2) is 16.6 Å². The molecule has 3 aliphatic heterocycles. The van der Waals surface area contributed by atoms with Crippen molar-refractivity contribution in [2.75, 3.05) is 42.6 Å². The number of carbonyl (C=O) groups is 4. The van der Waals surface area contributed by atoms with E-state index in [-0.39, 0.29) is 90.3 Å². The van der Waals surface area contributed by atoms with Crippen molar-refractivity contribution in [2.45, 2.75) is 95.4 Å². The number of Topliss-reactive ketones (excluding diaryl/α,β-unsaturated/α-hetero) is 1. The lowest BCUT2D eigenvalue weighted by molar-refractivity contribution is -0.138. The molecule has 0 bridgehead atoms. The highest BCUT2D eigenvalue weighted by Crippen LogP contribution is 2.49. The summed E-state index contributed by atoms with van der Waals surface area (Å²) in [5, 5.41) is 11.4. The largest absolute Gasteiger partial charge is 0.492 e. The molecule has 1 saturated carbocycles. The van der Waals surface area contributed by atoms with Crippen molar-refractivity contribution in [3.8, 4) is 11.8 Å². The summed E-state index contributed by atoms with van der Waals surface area (Å²) in [5.74, 6) is -4.84. The van der Waals surface area contributed by atoms with E-state index in [0.717, 1.165) is 29.1 Å². The van der Waals surface area contributed by atoms with E-state index in [9.17, 15) is 37.6 Å². The molecule has 2 aromatic carbocycles. The van der Waals surface area contributed by atoms with E-state index < -0.39 is 40.4 Å². The van der Waals surface area contributed by atoms with E-state index in [4.69, 9.17) is 17.0 Å². The number of nitrogens with one attached hydrogen (secondary N) is 1. The Bertz CT molecular complexity index is 2320. The maximum absolute atomic E-state index is 15.3. The van der Waals surface area contributed by atoms with Crippen LogP contribution in [0.3, 0.4) is 0 Å². The minimum Gasteiger partial charge on any atom is -0.492 e. The van der Waals surface area contributed by atoms with Gasteiger partial charge in [-0.1, -0.05) is 24.3 Å². The van der Waals surface area contributed by atoms with Gasteiger partial charge in [0.2, 0.25) is 11.8 Å². The zero-order chi connectivity index (χ0) is 44.7. The molecule has 12 nitrogen and oxygen atoms in total. The van der Waals surface area contributed by atoms with Crippen LogP contribution in [0, 0.1) is 17.2 Å². The number of anilines is 2. The van der Waals surface area contributed by atoms with E-state index in [0.29, 0.717) is 51.4 Å². The number of hydrogen-bond acceptors (Lipinski definition) is 10. The van der Waals surface area contributed by atoms with Crippen LogP contribution < -0.4 is 19.9 Å². The lowest BCUT2D eigenvalue weighted by Gasteiger charge is -2.44. The second kappa shape index (κ2) is 17.4. The number of aromatic nitrogens is 1. The monoisotopic (exact) mass is 879 g/mol. The Kier molecular flexibility index (Phi) is 12.5. The SMILES string of the molecule is C[C@@H]1CN(CCOc2ccc(N3C(=S)N(c4cnc(C#N)c(C(F)(F)F)c4)C(=O)C34CCC4)cc2C(C)(F)F)C[C@H](C)N1CC(=O)Cc1cccc(CC2CCC(=O)NC2=O)c1. The minimum atomic E-state index is -4.94. The molecule has 7 rings (SSSR count). The number of piperidine rings is 1. The molecule has 4 heterocycles. The van der Waals surface area contributed by atoms with Gasteiger partial charge in [-0.25, -0.2) is 13.8 Å². The second-order valence-corrected chi connectivity index (χ2v) is 17.1. The Morgan fingerprint density at radius 2 is 1.69 bits per heavy atom. The van der Waals surface area contributed by atoms with Crippen molar-refractivity contribution in [3.05, 3.63) is 82.7 Å². The molecule has 1 spiro atoms. The Labute approximate surface area is 361 Å². The van der Waals surface area contributed by atoms with E-state index >= 15 is 8.78 Å². The maximum atomic E-state index is 15.3. The van der Waals surface area contributed by atoms with Gasteiger partial charge in [-0.05, 0) is 93.6 Å². The number of pyridine rings is 1. The maximum Gasteiger partial charge on any atom is 0.419 e. The molecule has 3 aromatic rings. The average Bonchev–Trinajstić information content (AvgIpc) is 3.43. The van der Waals surface area contributed by atoms with Crippen molar-refractivity contribution in [1.82, 2.24) is 20.1 Å². The van der Waals surface area contributed by atoms with Crippen LogP contribution >= 0.6 is 12.2 Å². The fourth-order valence-corrected chi connectivity index (χ4v) is 9.50. The van der Waals surface area contributed by atoms with Gasteiger partial charge in [-0.3, -0.25) is 39.2 Å². The summed E-state index contributed by atoms with van der Waals surface area (Å²) in [5.41, 5.74) is -2.29. The zero-order valence-electron chi connectivity index (χ0n) is 34.4. The molecule has 4 aliphatic rings. The number of carbonyl (C=O) groups excluding carboxylic acids is 4. The van der Waals surface area contributed by atoms with Crippen LogP contribution in [-0.2, 0) is 44.1 Å². The third-order valence-corrected chi connectivity index (χ3v) is 12.6. The molecule has 62 heavy (non-hydrogen) atoms. The summed E-state index contributed by atoms with van der Waals surface area (Å²) in [7, 11) is 0. The number of alkyl halides is 5. The fourth-order valence-electron chi connectivity index (χ4n) is 9.03. The van der Waals surface area contributed by atoms with Gasteiger partial charge in [0.1, 0.15) is 24.0 Å². The molecule has 1 N–H and O–H groups in total. The molecule has 1 unspecified atom stereocenters. The first-order chi connectivity index (χ1) is 29.3. The predicted octanol–water partition coefficient (Wildman–Crippen LogP) is 6.33. The lowest BCUT2D eigenvalue weighted by atomic mass is 9.75. The van der Waals surface area contributed by atoms with Crippen molar-refractivity contribution in [3.63, 3.8) is 0 Å². The summed E-state index contributed by atoms with van der Waals surface area (Å²) in [6.07, 6.45) is -1.27. The number of amides is 3. The summed E-state index contributed by atoms with van der Waals surface area (Å²) in [4.78, 5) is 61.3. The van der Waals surface area contributed by atoms with Crippen molar-refractivity contribution in [2.24, 2.45) is 5.92 Å². The lowest BCUT2D eigenvalue weighted by Crippen LogP contribution is -2.58. The number of halogens is 5. The normalized spacial score (nSPS) is 22.1. The van der Waals surface area contributed by atoms with E-state index in [1.807, 2.05) is 38.1 Å². The van der Waals surface area contributed by atoms with Crippen LogP contribution in [-0.4, -0.2) is 93.8 Å². The number of piperazine rings is 1. The first-order valence-corrected chi connectivity index (χ1v) is 20.9. The molecule has 1 aliphatic carbocycles. The van der Waals surface area contributed by atoms with Gasteiger partial charge in [0.25, 0.3) is 11.8 Å². The standard InChI is InChI=1S/C44H46F5N7O5S/c1-26-23-53(24-27(2)54(26)25-33(57)18-29-7-4-6-28(16-29)17-30-8-11-38(58)52-39(30)59)14-15-61-37-10-9-31(19-35(37)42(3,45)46)56-41(62)55(40(60)43(56)12-5-13-43)32-20-34(44(47,48)49)36(21-50)51-22-32/h4,6-7,9-10,16,19-20,22,26-27,30H,5,8,11-15,17-18,23-25H2,1-3H3,(H,52,58,59)/t26-,27+,30?. The Hall–Kier alpha value is -5.38. The van der Waals surface area contributed by atoms with Gasteiger partial charge >= 0.3 is 6.18 Å².